The lowest BCUT2D eigenvalue weighted by Crippen LogP contribution is -2.39. The van der Waals surface area contributed by atoms with Gasteiger partial charge in [0.2, 0.25) is 0 Å². The van der Waals surface area contributed by atoms with Crippen molar-refractivity contribution in [1.29, 1.82) is 0 Å². The van der Waals surface area contributed by atoms with Crippen molar-refractivity contribution in [3.05, 3.63) is 12.7 Å². The molecule has 0 bridgehead atoms. The number of rotatable bonds is 5. The van der Waals surface area contributed by atoms with Gasteiger partial charge in [0.1, 0.15) is 5.60 Å². The number of carbonyl (C=O) groups is 2. The minimum atomic E-state index is -0.561. The smallest absolute Gasteiger partial charge is 0.407 e. The van der Waals surface area contributed by atoms with E-state index in [1.807, 2.05) is 6.92 Å². The summed E-state index contributed by atoms with van der Waals surface area (Å²) in [5.41, 5.74) is -0.561. The molecule has 18 heavy (non-hydrogen) atoms. The Morgan fingerprint density at radius 2 is 1.94 bits per heavy atom. The summed E-state index contributed by atoms with van der Waals surface area (Å²) in [6, 6.07) is 0. The van der Waals surface area contributed by atoms with Crippen molar-refractivity contribution in [2.24, 2.45) is 11.8 Å². The highest BCUT2D eigenvalue weighted by Crippen LogP contribution is 2.14. The largest absolute Gasteiger partial charge is 0.469 e. The Morgan fingerprint density at radius 1 is 1.39 bits per heavy atom. The number of allylic oxidation sites excluding steroid dienone is 1. The van der Waals surface area contributed by atoms with Gasteiger partial charge >= 0.3 is 12.1 Å². The van der Waals surface area contributed by atoms with E-state index in [9.17, 15) is 9.59 Å². The molecule has 0 aromatic rings. The second-order valence-electron chi connectivity index (χ2n) is 5.11. The first-order valence-electron chi connectivity index (χ1n) is 5.88. The predicted octanol–water partition coefficient (Wildman–Crippen LogP) is 2.12. The van der Waals surface area contributed by atoms with E-state index >= 15 is 0 Å². The molecule has 0 spiro atoms. The highest BCUT2D eigenvalue weighted by molar-refractivity contribution is 5.74. The lowest BCUT2D eigenvalue weighted by Gasteiger charge is -2.22. The summed E-state index contributed by atoms with van der Waals surface area (Å²) in [5.74, 6) is -0.925. The molecular weight excluding hydrogens is 234 g/mol. The van der Waals surface area contributed by atoms with Crippen LogP contribution in [0.1, 0.15) is 27.7 Å². The van der Waals surface area contributed by atoms with Gasteiger partial charge in [-0.15, -0.1) is 6.58 Å². The van der Waals surface area contributed by atoms with Crippen molar-refractivity contribution in [2.75, 3.05) is 13.7 Å². The van der Waals surface area contributed by atoms with Crippen LogP contribution in [0, 0.1) is 11.8 Å². The number of hydrogen-bond acceptors (Lipinski definition) is 4. The van der Waals surface area contributed by atoms with Gasteiger partial charge in [0.25, 0.3) is 0 Å². The minimum Gasteiger partial charge on any atom is -0.469 e. The molecule has 5 heteroatoms. The third-order valence-corrected chi connectivity index (χ3v) is 2.38. The van der Waals surface area contributed by atoms with Crippen LogP contribution in [0.2, 0.25) is 0 Å². The van der Waals surface area contributed by atoms with E-state index in [1.165, 1.54) is 7.11 Å². The van der Waals surface area contributed by atoms with Crippen LogP contribution in [0.5, 0.6) is 0 Å². The first kappa shape index (κ1) is 16.5. The second-order valence-corrected chi connectivity index (χ2v) is 5.11. The fourth-order valence-electron chi connectivity index (χ4n) is 1.31. The van der Waals surface area contributed by atoms with Gasteiger partial charge in [-0.2, -0.15) is 0 Å². The van der Waals surface area contributed by atoms with Gasteiger partial charge in [-0.25, -0.2) is 4.79 Å². The van der Waals surface area contributed by atoms with Gasteiger partial charge in [-0.05, 0) is 26.7 Å². The van der Waals surface area contributed by atoms with E-state index in [2.05, 4.69) is 16.6 Å². The van der Waals surface area contributed by atoms with Crippen LogP contribution in [-0.2, 0) is 14.3 Å². The highest BCUT2D eigenvalue weighted by Gasteiger charge is 2.25. The molecule has 0 rings (SSSR count). The van der Waals surface area contributed by atoms with E-state index in [4.69, 9.17) is 4.74 Å². The van der Waals surface area contributed by atoms with Gasteiger partial charge in [0.15, 0.2) is 0 Å². The topological polar surface area (TPSA) is 64.6 Å². The summed E-state index contributed by atoms with van der Waals surface area (Å²) in [5, 5.41) is 2.56. The van der Waals surface area contributed by atoms with Gasteiger partial charge in [0.05, 0.1) is 13.0 Å². The molecule has 5 nitrogen and oxygen atoms in total. The molecule has 1 N–H and O–H groups in total. The van der Waals surface area contributed by atoms with E-state index in [1.54, 1.807) is 26.8 Å². The van der Waals surface area contributed by atoms with Crippen LogP contribution < -0.4 is 5.32 Å². The van der Waals surface area contributed by atoms with Crippen LogP contribution in [0.25, 0.3) is 0 Å². The number of methoxy groups -OCH3 is 1. The van der Waals surface area contributed by atoms with Crippen molar-refractivity contribution in [3.8, 4) is 0 Å². The number of alkyl carbamates (subject to hydrolysis) is 1. The molecular formula is C13H23NO4. The summed E-state index contributed by atoms with van der Waals surface area (Å²) in [7, 11) is 1.32. The van der Waals surface area contributed by atoms with Crippen LogP contribution in [-0.4, -0.2) is 31.3 Å². The Kier molecular flexibility index (Phi) is 6.44. The highest BCUT2D eigenvalue weighted by atomic mass is 16.6. The summed E-state index contributed by atoms with van der Waals surface area (Å²) in [4.78, 5) is 23.0. The van der Waals surface area contributed by atoms with Gasteiger partial charge in [-0.3, -0.25) is 4.79 Å². The third-order valence-electron chi connectivity index (χ3n) is 2.38. The summed E-state index contributed by atoms with van der Waals surface area (Å²) >= 11 is 0. The molecule has 0 aliphatic heterocycles. The Labute approximate surface area is 109 Å². The fourth-order valence-corrected chi connectivity index (χ4v) is 1.31. The molecule has 2 atom stereocenters. The molecule has 104 valence electrons. The van der Waals surface area contributed by atoms with Crippen LogP contribution in [0.15, 0.2) is 12.7 Å². The normalized spacial score (nSPS) is 14.3. The van der Waals surface area contributed by atoms with E-state index in [0.717, 1.165) is 0 Å². The number of nitrogens with one attached hydrogen (secondary N) is 1. The van der Waals surface area contributed by atoms with Crippen molar-refractivity contribution in [1.82, 2.24) is 5.32 Å². The number of amides is 1. The first-order chi connectivity index (χ1) is 8.21. The molecule has 1 amide bonds. The molecule has 0 aliphatic rings. The lowest BCUT2D eigenvalue weighted by molar-refractivity contribution is -0.146. The summed E-state index contributed by atoms with van der Waals surface area (Å²) < 4.78 is 9.78. The van der Waals surface area contributed by atoms with Crippen molar-refractivity contribution in [3.63, 3.8) is 0 Å². The van der Waals surface area contributed by atoms with Crippen molar-refractivity contribution < 1.29 is 19.1 Å². The number of hydrogen-bond donors (Lipinski definition) is 1. The molecule has 0 saturated heterocycles. The Balaban J connectivity index is 4.40. The molecule has 2 unspecified atom stereocenters. The molecule has 0 saturated carbocycles. The SMILES string of the molecule is C=CC(C)C(CNC(=O)OC(C)(C)C)C(=O)OC. The fraction of sp³-hybridized carbons (Fsp3) is 0.692. The lowest BCUT2D eigenvalue weighted by atomic mass is 9.94. The van der Waals surface area contributed by atoms with Gasteiger partial charge in [0, 0.05) is 6.54 Å². The molecule has 0 aromatic heterocycles. The van der Waals surface area contributed by atoms with E-state index in [-0.39, 0.29) is 18.4 Å². The second kappa shape index (κ2) is 7.03. The van der Waals surface area contributed by atoms with E-state index in [0.29, 0.717) is 0 Å². The van der Waals surface area contributed by atoms with Crippen LogP contribution in [0.4, 0.5) is 4.79 Å². The molecule has 0 fully saturated rings. The first-order valence-corrected chi connectivity index (χ1v) is 5.88. The monoisotopic (exact) mass is 257 g/mol. The summed E-state index contributed by atoms with van der Waals surface area (Å²) in [6.07, 6.45) is 1.10. The Bertz CT molecular complexity index is 307. The molecule has 0 radical (unpaired) electrons. The average Bonchev–Trinajstić information content (AvgIpc) is 2.25. The van der Waals surface area contributed by atoms with Gasteiger partial charge in [-0.1, -0.05) is 13.0 Å². The molecule has 0 aromatic carbocycles. The van der Waals surface area contributed by atoms with Gasteiger partial charge < -0.3 is 14.8 Å². The maximum absolute atomic E-state index is 11.5. The van der Waals surface area contributed by atoms with Crippen LogP contribution >= 0.6 is 0 Å². The van der Waals surface area contributed by atoms with Crippen LogP contribution in [0.3, 0.4) is 0 Å². The number of carbonyl (C=O) groups excluding carboxylic acids is 2. The minimum absolute atomic E-state index is 0.0904. The van der Waals surface area contributed by atoms with E-state index < -0.39 is 17.6 Å². The quantitative estimate of drug-likeness (QED) is 0.605. The zero-order valence-corrected chi connectivity index (χ0v) is 11.8. The summed E-state index contributed by atoms with van der Waals surface area (Å²) in [6.45, 7) is 11.0. The molecule has 0 heterocycles. The standard InChI is InChI=1S/C13H23NO4/c1-7-9(2)10(11(15)17-6)8-14-12(16)18-13(3,4)5/h7,9-10H,1,8H2,2-6H3,(H,14,16). The maximum atomic E-state index is 11.5. The maximum Gasteiger partial charge on any atom is 0.407 e. The Morgan fingerprint density at radius 3 is 2.33 bits per heavy atom. The zero-order chi connectivity index (χ0) is 14.3. The number of ether oxygens (including phenoxy) is 2. The number of esters is 1. The Hall–Kier alpha value is -1.52. The molecule has 0 aliphatic carbocycles. The van der Waals surface area contributed by atoms with Crippen molar-refractivity contribution >= 4 is 12.1 Å². The third kappa shape index (κ3) is 6.27. The van der Waals surface area contributed by atoms with Crippen molar-refractivity contribution in [2.45, 2.75) is 33.3 Å². The zero-order valence-electron chi connectivity index (χ0n) is 11.8. The average molecular weight is 257 g/mol. The predicted molar refractivity (Wildman–Crippen MR) is 69.1 cm³/mol.